The van der Waals surface area contributed by atoms with E-state index in [1.165, 1.54) is 0 Å². The average molecular weight is 211 g/mol. The van der Waals surface area contributed by atoms with Gasteiger partial charge in [0.05, 0.1) is 25.9 Å². The zero-order chi connectivity index (χ0) is 10.9. The lowest BCUT2D eigenvalue weighted by molar-refractivity contribution is -0.0112. The summed E-state index contributed by atoms with van der Waals surface area (Å²) in [5, 5.41) is 9.70. The number of ether oxygens (including phenoxy) is 1. The summed E-state index contributed by atoms with van der Waals surface area (Å²) in [5.41, 5.74) is 3.56. The summed E-state index contributed by atoms with van der Waals surface area (Å²) in [4.78, 5) is 5.03. The molecule has 2 N–H and O–H groups in total. The molecule has 0 saturated heterocycles. The number of aliphatic hydroxyl groups excluding tert-OH is 1. The largest absolute Gasteiger partial charge is 0.387 e. The molecule has 15 heavy (non-hydrogen) atoms. The van der Waals surface area contributed by atoms with Crippen LogP contribution in [0.3, 0.4) is 0 Å². The molecule has 0 aliphatic carbocycles. The maximum Gasteiger partial charge on any atom is 0.0937 e. The van der Waals surface area contributed by atoms with Crippen molar-refractivity contribution >= 4 is 0 Å². The second-order valence-electron chi connectivity index (χ2n) is 3.12. The van der Waals surface area contributed by atoms with Crippen LogP contribution in [0.4, 0.5) is 0 Å². The summed E-state index contributed by atoms with van der Waals surface area (Å²) >= 11 is 0. The third kappa shape index (κ3) is 4.90. The molecule has 0 bridgehead atoms. The Hall–Kier alpha value is -0.940. The Kier molecular flexibility index (Phi) is 5.96. The molecule has 0 amide bonds. The Labute approximate surface area is 89.8 Å². The number of benzene rings is 1. The molecule has 1 atom stereocenters. The van der Waals surface area contributed by atoms with Crippen molar-refractivity contribution in [3.05, 3.63) is 35.9 Å². The number of nitrogens with one attached hydrogen (secondary N) is 1. The van der Waals surface area contributed by atoms with Crippen LogP contribution in [0.2, 0.25) is 0 Å². The first-order valence-corrected chi connectivity index (χ1v) is 4.91. The van der Waals surface area contributed by atoms with Crippen LogP contribution < -0.4 is 5.48 Å². The van der Waals surface area contributed by atoms with E-state index >= 15 is 0 Å². The Balaban J connectivity index is 2.16. The lowest BCUT2D eigenvalue weighted by Gasteiger charge is -2.11. The van der Waals surface area contributed by atoms with Crippen LogP contribution in [0.1, 0.15) is 11.7 Å². The molecule has 1 rings (SSSR count). The highest BCUT2D eigenvalue weighted by atomic mass is 16.7. The van der Waals surface area contributed by atoms with Crippen molar-refractivity contribution in [2.75, 3.05) is 26.9 Å². The fourth-order valence-electron chi connectivity index (χ4n) is 1.13. The minimum atomic E-state index is -0.547. The summed E-state index contributed by atoms with van der Waals surface area (Å²) in [6.45, 7) is 1.38. The monoisotopic (exact) mass is 211 g/mol. The maximum absolute atomic E-state index is 9.70. The highest BCUT2D eigenvalue weighted by Gasteiger charge is 2.05. The minimum absolute atomic E-state index is 0.369. The molecule has 0 spiro atoms. The highest BCUT2D eigenvalue weighted by molar-refractivity contribution is 5.17. The molecule has 0 fully saturated rings. The third-order valence-corrected chi connectivity index (χ3v) is 1.95. The smallest absolute Gasteiger partial charge is 0.0937 e. The number of methoxy groups -OCH3 is 1. The predicted octanol–water partition coefficient (Wildman–Crippen LogP) is 0.888. The van der Waals surface area contributed by atoms with Gasteiger partial charge in [0, 0.05) is 7.11 Å². The van der Waals surface area contributed by atoms with E-state index in [0.717, 1.165) is 5.56 Å². The molecule has 84 valence electrons. The van der Waals surface area contributed by atoms with E-state index in [1.54, 1.807) is 7.11 Å². The molecule has 0 aliphatic rings. The van der Waals surface area contributed by atoms with Crippen LogP contribution in [0, 0.1) is 0 Å². The molecule has 0 radical (unpaired) electrons. The van der Waals surface area contributed by atoms with Gasteiger partial charge in [0.25, 0.3) is 0 Å². The quantitative estimate of drug-likeness (QED) is 0.519. The third-order valence-electron chi connectivity index (χ3n) is 1.95. The van der Waals surface area contributed by atoms with Gasteiger partial charge in [-0.1, -0.05) is 30.3 Å². The van der Waals surface area contributed by atoms with Gasteiger partial charge >= 0.3 is 0 Å². The lowest BCUT2D eigenvalue weighted by atomic mass is 10.1. The van der Waals surface area contributed by atoms with Gasteiger partial charge in [0.2, 0.25) is 0 Å². The molecule has 4 nitrogen and oxygen atoms in total. The fraction of sp³-hybridized carbons (Fsp3) is 0.455. The van der Waals surface area contributed by atoms with Crippen molar-refractivity contribution in [1.82, 2.24) is 5.48 Å². The summed E-state index contributed by atoms with van der Waals surface area (Å²) in [6.07, 6.45) is -0.547. The molecule has 0 aliphatic heterocycles. The second-order valence-corrected chi connectivity index (χ2v) is 3.12. The van der Waals surface area contributed by atoms with Gasteiger partial charge in [-0.05, 0) is 5.56 Å². The fourth-order valence-corrected chi connectivity index (χ4v) is 1.13. The molecule has 4 heteroatoms. The van der Waals surface area contributed by atoms with E-state index < -0.39 is 6.10 Å². The minimum Gasteiger partial charge on any atom is -0.387 e. The number of hydrogen-bond donors (Lipinski definition) is 2. The van der Waals surface area contributed by atoms with Crippen LogP contribution in [0.5, 0.6) is 0 Å². The van der Waals surface area contributed by atoms with E-state index in [-0.39, 0.29) is 0 Å². The summed E-state index contributed by atoms with van der Waals surface area (Å²) < 4.78 is 4.81. The zero-order valence-corrected chi connectivity index (χ0v) is 8.85. The standard InChI is InChI=1S/C11H17NO3/c1-14-7-8-15-12-9-11(13)10-5-3-2-4-6-10/h2-6,11-13H,7-9H2,1H3. The van der Waals surface area contributed by atoms with Crippen molar-refractivity contribution in [2.24, 2.45) is 0 Å². The molecule has 1 aromatic rings. The molecular formula is C11H17NO3. The van der Waals surface area contributed by atoms with Crippen molar-refractivity contribution in [3.8, 4) is 0 Å². The van der Waals surface area contributed by atoms with Crippen molar-refractivity contribution in [3.63, 3.8) is 0 Å². The predicted molar refractivity (Wildman–Crippen MR) is 57.2 cm³/mol. The van der Waals surface area contributed by atoms with Gasteiger partial charge in [0.1, 0.15) is 0 Å². The SMILES string of the molecule is COCCONCC(O)c1ccccc1. The lowest BCUT2D eigenvalue weighted by Crippen LogP contribution is -2.23. The first-order chi connectivity index (χ1) is 7.34. The van der Waals surface area contributed by atoms with Gasteiger partial charge < -0.3 is 9.84 Å². The first kappa shape index (κ1) is 12.1. The highest BCUT2D eigenvalue weighted by Crippen LogP contribution is 2.10. The first-order valence-electron chi connectivity index (χ1n) is 4.91. The van der Waals surface area contributed by atoms with Gasteiger partial charge in [-0.15, -0.1) is 0 Å². The van der Waals surface area contributed by atoms with E-state index in [0.29, 0.717) is 19.8 Å². The average Bonchev–Trinajstić information content (AvgIpc) is 2.30. The molecule has 0 heterocycles. The van der Waals surface area contributed by atoms with Gasteiger partial charge in [-0.2, -0.15) is 5.48 Å². The van der Waals surface area contributed by atoms with Crippen LogP contribution in [0.15, 0.2) is 30.3 Å². The van der Waals surface area contributed by atoms with Gasteiger partial charge in [-0.3, -0.25) is 4.84 Å². The summed E-state index contributed by atoms with van der Waals surface area (Å²) in [7, 11) is 1.61. The normalized spacial score (nSPS) is 12.7. The van der Waals surface area contributed by atoms with Crippen molar-refractivity contribution in [2.45, 2.75) is 6.10 Å². The Morgan fingerprint density at radius 1 is 1.27 bits per heavy atom. The number of hydroxylamine groups is 1. The summed E-state index contributed by atoms with van der Waals surface area (Å²) in [6, 6.07) is 9.45. The van der Waals surface area contributed by atoms with Crippen molar-refractivity contribution in [1.29, 1.82) is 0 Å². The number of rotatable bonds is 7. The van der Waals surface area contributed by atoms with Crippen LogP contribution in [-0.2, 0) is 9.57 Å². The van der Waals surface area contributed by atoms with E-state index in [9.17, 15) is 5.11 Å². The zero-order valence-electron chi connectivity index (χ0n) is 8.85. The molecule has 0 aromatic heterocycles. The maximum atomic E-state index is 9.70. The number of aliphatic hydroxyl groups is 1. The van der Waals surface area contributed by atoms with E-state index in [2.05, 4.69) is 5.48 Å². The van der Waals surface area contributed by atoms with Crippen LogP contribution >= 0.6 is 0 Å². The molecule has 1 unspecified atom stereocenters. The Morgan fingerprint density at radius 2 is 2.00 bits per heavy atom. The van der Waals surface area contributed by atoms with Gasteiger partial charge in [-0.25, -0.2) is 0 Å². The second kappa shape index (κ2) is 7.36. The Morgan fingerprint density at radius 3 is 2.67 bits per heavy atom. The molecule has 1 aromatic carbocycles. The van der Waals surface area contributed by atoms with Crippen LogP contribution in [0.25, 0.3) is 0 Å². The summed E-state index contributed by atoms with van der Waals surface area (Å²) in [5.74, 6) is 0. The Bertz CT molecular complexity index is 253. The number of hydrogen-bond acceptors (Lipinski definition) is 4. The molecular weight excluding hydrogens is 194 g/mol. The topological polar surface area (TPSA) is 50.7 Å². The van der Waals surface area contributed by atoms with Gasteiger partial charge in [0.15, 0.2) is 0 Å². The van der Waals surface area contributed by atoms with Crippen molar-refractivity contribution < 1.29 is 14.7 Å². The van der Waals surface area contributed by atoms with E-state index in [1.807, 2.05) is 30.3 Å². The van der Waals surface area contributed by atoms with Crippen LogP contribution in [-0.4, -0.2) is 32.0 Å². The molecule has 0 saturated carbocycles. The van der Waals surface area contributed by atoms with E-state index in [4.69, 9.17) is 9.57 Å².